The van der Waals surface area contributed by atoms with Gasteiger partial charge in [0.25, 0.3) is 11.2 Å². The van der Waals surface area contributed by atoms with Crippen molar-refractivity contribution >= 4 is 29.1 Å². The number of thiazole rings is 1. The van der Waals surface area contributed by atoms with E-state index in [1.165, 1.54) is 10.6 Å². The van der Waals surface area contributed by atoms with Crippen LogP contribution in [0.25, 0.3) is 17.4 Å². The molecule has 11 nitrogen and oxygen atoms in total. The van der Waals surface area contributed by atoms with Gasteiger partial charge in [-0.2, -0.15) is 0 Å². The quantitative estimate of drug-likeness (QED) is 0.192. The van der Waals surface area contributed by atoms with Crippen LogP contribution >= 0.6 is 11.3 Å². The van der Waals surface area contributed by atoms with Crippen molar-refractivity contribution in [2.75, 3.05) is 13.4 Å². The maximum atomic E-state index is 13.9. The zero-order valence-corrected chi connectivity index (χ0v) is 23.0. The van der Waals surface area contributed by atoms with Crippen LogP contribution in [0.3, 0.4) is 0 Å². The van der Waals surface area contributed by atoms with Gasteiger partial charge in [-0.15, -0.1) is 0 Å². The van der Waals surface area contributed by atoms with Crippen LogP contribution < -0.4 is 24.4 Å². The van der Waals surface area contributed by atoms with Crippen LogP contribution in [0.1, 0.15) is 36.8 Å². The van der Waals surface area contributed by atoms with Crippen molar-refractivity contribution in [2.24, 2.45) is 4.99 Å². The average Bonchev–Trinajstić information content (AvgIpc) is 3.67. The summed E-state index contributed by atoms with van der Waals surface area (Å²) in [6, 6.07) is 12.6. The number of nitro benzene ring substituents is 1. The van der Waals surface area contributed by atoms with Gasteiger partial charge in [0.15, 0.2) is 16.3 Å². The number of nitro groups is 1. The van der Waals surface area contributed by atoms with E-state index >= 15 is 0 Å². The number of allylic oxidation sites excluding steroid dienone is 1. The Hall–Kier alpha value is -4.97. The number of hydrogen-bond donors (Lipinski definition) is 0. The standard InChI is InChI=1S/C29H23N3O8S/c1-4-37-28(34)25-16(3)30-29-31(26(25)17-8-10-22-23(12-17)39-14-38-22)27(33)24(41-29)13-18-9-11-21(40-18)19-6-5-7-20(15(19)2)32(35)36/h5-13,26H,4,14H2,1-3H3. The summed E-state index contributed by atoms with van der Waals surface area (Å²) in [4.78, 5) is 42.9. The van der Waals surface area contributed by atoms with Crippen molar-refractivity contribution in [2.45, 2.75) is 26.8 Å². The lowest BCUT2D eigenvalue weighted by Gasteiger charge is -2.24. The summed E-state index contributed by atoms with van der Waals surface area (Å²) in [6.07, 6.45) is 1.60. The minimum absolute atomic E-state index is 0.00921. The Balaban J connectivity index is 1.47. The van der Waals surface area contributed by atoms with Gasteiger partial charge in [0, 0.05) is 23.3 Å². The lowest BCUT2D eigenvalue weighted by Crippen LogP contribution is -2.39. The van der Waals surface area contributed by atoms with Crippen molar-refractivity contribution in [3.63, 3.8) is 0 Å². The number of furan rings is 1. The summed E-state index contributed by atoms with van der Waals surface area (Å²) in [5.74, 6) is 1.35. The molecule has 41 heavy (non-hydrogen) atoms. The molecule has 2 aliphatic rings. The number of esters is 1. The van der Waals surface area contributed by atoms with Gasteiger partial charge in [-0.25, -0.2) is 9.79 Å². The molecule has 1 unspecified atom stereocenters. The second kappa shape index (κ2) is 10.2. The van der Waals surface area contributed by atoms with E-state index in [1.807, 2.05) is 0 Å². The minimum atomic E-state index is -0.804. The Morgan fingerprint density at radius 1 is 1.20 bits per heavy atom. The zero-order chi connectivity index (χ0) is 28.8. The van der Waals surface area contributed by atoms with E-state index in [4.69, 9.17) is 18.6 Å². The molecular formula is C29H23N3O8S. The molecule has 4 aromatic rings. The fourth-order valence-electron chi connectivity index (χ4n) is 4.98. The molecule has 0 N–H and O–H groups in total. The van der Waals surface area contributed by atoms with Gasteiger partial charge in [0.2, 0.25) is 6.79 Å². The number of nitrogens with zero attached hydrogens (tertiary/aromatic N) is 3. The van der Waals surface area contributed by atoms with Crippen LogP contribution in [0.15, 0.2) is 74.0 Å². The molecule has 4 heterocycles. The molecule has 0 amide bonds. The van der Waals surface area contributed by atoms with Gasteiger partial charge in [-0.1, -0.05) is 29.5 Å². The van der Waals surface area contributed by atoms with Crippen LogP contribution in [0.5, 0.6) is 11.5 Å². The van der Waals surface area contributed by atoms with Crippen molar-refractivity contribution in [1.29, 1.82) is 0 Å². The number of aromatic nitrogens is 1. The molecule has 12 heteroatoms. The predicted molar refractivity (Wildman–Crippen MR) is 148 cm³/mol. The predicted octanol–water partition coefficient (Wildman–Crippen LogP) is 4.00. The Morgan fingerprint density at radius 3 is 2.78 bits per heavy atom. The summed E-state index contributed by atoms with van der Waals surface area (Å²) >= 11 is 1.16. The van der Waals surface area contributed by atoms with E-state index in [-0.39, 0.29) is 30.2 Å². The number of fused-ring (bicyclic) bond motifs is 2. The monoisotopic (exact) mass is 573 g/mol. The molecule has 0 bridgehead atoms. The fraction of sp³-hybridized carbons (Fsp3) is 0.207. The number of ether oxygens (including phenoxy) is 3. The number of rotatable bonds is 6. The van der Waals surface area contributed by atoms with Crippen LogP contribution in [0.4, 0.5) is 5.69 Å². The van der Waals surface area contributed by atoms with E-state index in [0.717, 1.165) is 11.3 Å². The summed E-state index contributed by atoms with van der Waals surface area (Å²) in [5, 5.41) is 11.4. The first kappa shape index (κ1) is 26.3. The summed E-state index contributed by atoms with van der Waals surface area (Å²) in [5.41, 5.74) is 2.02. The normalized spacial score (nSPS) is 16.0. The first-order valence-electron chi connectivity index (χ1n) is 12.7. The Kier molecular flexibility index (Phi) is 6.54. The Labute approximate surface area is 236 Å². The highest BCUT2D eigenvalue weighted by Gasteiger charge is 2.34. The summed E-state index contributed by atoms with van der Waals surface area (Å²) < 4.78 is 24.1. The van der Waals surface area contributed by atoms with Crippen molar-refractivity contribution in [3.05, 3.63) is 106 Å². The Morgan fingerprint density at radius 2 is 2.00 bits per heavy atom. The molecule has 208 valence electrons. The zero-order valence-electron chi connectivity index (χ0n) is 22.2. The van der Waals surface area contributed by atoms with Crippen molar-refractivity contribution < 1.29 is 28.3 Å². The topological polar surface area (TPSA) is 135 Å². The van der Waals surface area contributed by atoms with E-state index in [0.29, 0.717) is 54.7 Å². The van der Waals surface area contributed by atoms with E-state index in [2.05, 4.69) is 4.99 Å². The largest absolute Gasteiger partial charge is 0.463 e. The van der Waals surface area contributed by atoms with E-state index < -0.39 is 16.9 Å². The van der Waals surface area contributed by atoms with Gasteiger partial charge in [-0.3, -0.25) is 19.5 Å². The fourth-order valence-corrected chi connectivity index (χ4v) is 6.01. The van der Waals surface area contributed by atoms with E-state index in [9.17, 15) is 19.7 Å². The van der Waals surface area contributed by atoms with Gasteiger partial charge in [0.05, 0.1) is 33.4 Å². The first-order chi connectivity index (χ1) is 19.8. The summed E-state index contributed by atoms with van der Waals surface area (Å²) in [7, 11) is 0. The summed E-state index contributed by atoms with van der Waals surface area (Å²) in [6.45, 7) is 5.34. The lowest BCUT2D eigenvalue weighted by atomic mass is 9.95. The third kappa shape index (κ3) is 4.51. The van der Waals surface area contributed by atoms with E-state index in [1.54, 1.807) is 69.3 Å². The molecule has 0 radical (unpaired) electrons. The highest BCUT2D eigenvalue weighted by Crippen LogP contribution is 2.38. The first-order valence-corrected chi connectivity index (χ1v) is 13.5. The van der Waals surface area contributed by atoms with Gasteiger partial charge in [-0.05, 0) is 50.6 Å². The van der Waals surface area contributed by atoms with Crippen LogP contribution in [0.2, 0.25) is 0 Å². The lowest BCUT2D eigenvalue weighted by molar-refractivity contribution is -0.385. The SMILES string of the molecule is CCOC(=O)C1=C(C)N=c2sc(=Cc3ccc(-c4cccc([N+](=O)[O-])c4C)o3)c(=O)n2C1c1ccc2c(c1)OCO2. The van der Waals surface area contributed by atoms with Gasteiger partial charge < -0.3 is 18.6 Å². The maximum Gasteiger partial charge on any atom is 0.338 e. The van der Waals surface area contributed by atoms with Crippen LogP contribution in [-0.2, 0) is 9.53 Å². The molecule has 6 rings (SSSR count). The highest BCUT2D eigenvalue weighted by atomic mass is 32.1. The molecule has 2 aliphatic heterocycles. The molecule has 0 fully saturated rings. The van der Waals surface area contributed by atoms with Gasteiger partial charge in [0.1, 0.15) is 11.5 Å². The van der Waals surface area contributed by atoms with Crippen LogP contribution in [0, 0.1) is 17.0 Å². The average molecular weight is 574 g/mol. The molecule has 0 saturated carbocycles. The molecular weight excluding hydrogens is 550 g/mol. The third-order valence-corrected chi connectivity index (χ3v) is 7.88. The van der Waals surface area contributed by atoms with Crippen molar-refractivity contribution in [1.82, 2.24) is 4.57 Å². The molecule has 0 spiro atoms. The number of carbonyl (C=O) groups excluding carboxylic acids is 1. The molecule has 2 aromatic heterocycles. The number of benzene rings is 2. The highest BCUT2D eigenvalue weighted by molar-refractivity contribution is 7.07. The molecule has 1 atom stereocenters. The number of hydrogen-bond acceptors (Lipinski definition) is 10. The van der Waals surface area contributed by atoms with Crippen molar-refractivity contribution in [3.8, 4) is 22.8 Å². The smallest absolute Gasteiger partial charge is 0.338 e. The molecule has 2 aromatic carbocycles. The molecule has 0 aliphatic carbocycles. The van der Waals surface area contributed by atoms with Crippen LogP contribution in [-0.4, -0.2) is 28.9 Å². The second-order valence-electron chi connectivity index (χ2n) is 9.32. The third-order valence-electron chi connectivity index (χ3n) is 6.90. The Bertz CT molecular complexity index is 1950. The number of carbonyl (C=O) groups is 1. The maximum absolute atomic E-state index is 13.9. The van der Waals surface area contributed by atoms with Gasteiger partial charge >= 0.3 is 5.97 Å². The molecule has 0 saturated heterocycles. The minimum Gasteiger partial charge on any atom is -0.463 e. The second-order valence-corrected chi connectivity index (χ2v) is 10.3.